The van der Waals surface area contributed by atoms with Crippen LogP contribution >= 0.6 is 0 Å². The van der Waals surface area contributed by atoms with Crippen molar-refractivity contribution in [3.63, 3.8) is 0 Å². The Morgan fingerprint density at radius 1 is 0.844 bits per heavy atom. The number of carboxylic acid groups (broad SMARTS) is 1. The summed E-state index contributed by atoms with van der Waals surface area (Å²) < 4.78 is 19.3. The van der Waals surface area contributed by atoms with E-state index < -0.39 is 57.7 Å². The molecule has 1 amide bonds. The van der Waals surface area contributed by atoms with E-state index >= 15 is 0 Å². The second kappa shape index (κ2) is 17.0. The Balaban J connectivity index is 1.23. The van der Waals surface area contributed by atoms with Gasteiger partial charge in [-0.15, -0.1) is 0 Å². The number of rotatable bonds is 14. The van der Waals surface area contributed by atoms with Gasteiger partial charge in [0.15, 0.2) is 11.1 Å². The minimum atomic E-state index is -1.62. The van der Waals surface area contributed by atoms with Crippen molar-refractivity contribution in [3.05, 3.63) is 20.2 Å². The predicted molar refractivity (Wildman–Crippen MR) is 158 cm³/mol. The van der Waals surface area contributed by atoms with Crippen molar-refractivity contribution in [2.45, 2.75) is 125 Å². The van der Waals surface area contributed by atoms with Crippen molar-refractivity contribution < 1.29 is 47.9 Å². The highest BCUT2D eigenvalue weighted by Gasteiger charge is 2.49. The van der Waals surface area contributed by atoms with Gasteiger partial charge in [0.1, 0.15) is 5.92 Å². The van der Waals surface area contributed by atoms with Crippen LogP contribution in [0, 0.1) is 43.9 Å². The molecule has 0 spiro atoms. The van der Waals surface area contributed by atoms with Crippen LogP contribution < -0.4 is 10.8 Å². The quantitative estimate of drug-likeness (QED) is 0.119. The Hall–Kier alpha value is -2.31. The van der Waals surface area contributed by atoms with Gasteiger partial charge in [-0.2, -0.15) is 5.48 Å². The summed E-state index contributed by atoms with van der Waals surface area (Å²) in [4.78, 5) is 57.0. The number of nitrogens with one attached hydrogen (secondary N) is 2. The molecule has 0 heterocycles. The van der Waals surface area contributed by atoms with Gasteiger partial charge in [0.2, 0.25) is 18.0 Å². The summed E-state index contributed by atoms with van der Waals surface area (Å²) >= 11 is -1.62. The van der Waals surface area contributed by atoms with Crippen molar-refractivity contribution in [2.75, 3.05) is 13.2 Å². The Labute approximate surface area is 264 Å². The Morgan fingerprint density at radius 3 is 2.22 bits per heavy atom. The number of nitrogens with zero attached hydrogens (tertiary/aromatic N) is 2. The lowest BCUT2D eigenvalue weighted by atomic mass is 9.75. The first kappa shape index (κ1) is 35.5. The second-order valence-corrected chi connectivity index (χ2v) is 14.4. The summed E-state index contributed by atoms with van der Waals surface area (Å²) in [7, 11) is 0. The first-order valence-electron chi connectivity index (χ1n) is 16.1. The van der Waals surface area contributed by atoms with E-state index in [1.165, 1.54) is 0 Å². The molecule has 11 atom stereocenters. The molecule has 4 saturated carbocycles. The number of nitro groups is 2. The minimum Gasteiger partial charge on any atom is -0.481 e. The lowest BCUT2D eigenvalue weighted by Gasteiger charge is -2.35. The Kier molecular flexibility index (Phi) is 13.4. The average molecular weight is 663 g/mol. The molecule has 0 saturated heterocycles. The van der Waals surface area contributed by atoms with E-state index in [1.54, 1.807) is 0 Å². The number of hydroxylamine groups is 1. The molecule has 16 nitrogen and oxygen atoms in total. The number of amides is 1. The maximum absolute atomic E-state index is 13.3. The van der Waals surface area contributed by atoms with E-state index in [9.17, 15) is 39.1 Å². The van der Waals surface area contributed by atoms with Crippen LogP contribution in [0.3, 0.4) is 0 Å². The van der Waals surface area contributed by atoms with Gasteiger partial charge in [0, 0.05) is 34.8 Å². The molecular formula is C28H46N4O12S. The highest BCUT2D eigenvalue weighted by molar-refractivity contribution is 7.80. The van der Waals surface area contributed by atoms with Gasteiger partial charge in [-0.3, -0.25) is 39.3 Å². The fraction of sp³-hybridized carbons (Fsp3) is 0.929. The number of carbonyl (C=O) groups is 2. The maximum Gasteiger partial charge on any atom is 0.314 e. The first-order chi connectivity index (χ1) is 21.6. The number of carboxylic acids is 1. The fourth-order valence-electron chi connectivity index (χ4n) is 7.76. The summed E-state index contributed by atoms with van der Waals surface area (Å²) in [5.74, 6) is -4.78. The molecule has 0 aromatic rings. The molecule has 0 radical (unpaired) electrons. The molecule has 0 bridgehead atoms. The number of hydrogen-bond donors (Lipinski definition) is 4. The maximum atomic E-state index is 13.3. The average Bonchev–Trinajstić information content (AvgIpc) is 3.01. The van der Waals surface area contributed by atoms with Crippen LogP contribution in [0.15, 0.2) is 0 Å². The molecule has 11 unspecified atom stereocenters. The zero-order valence-corrected chi connectivity index (χ0v) is 26.2. The van der Waals surface area contributed by atoms with Crippen LogP contribution in [0.2, 0.25) is 0 Å². The lowest BCUT2D eigenvalue weighted by Crippen LogP contribution is -2.51. The SMILES string of the molecule is O=C(NC1CCCC(S(=O)OC2CCCC(NOCC3CCCC([N+](=O)[O-])C3COO)C2)C1)C1CCCC([N+](=O)[O-])C1C(=O)O. The minimum absolute atomic E-state index is 0.0535. The third kappa shape index (κ3) is 9.60. The summed E-state index contributed by atoms with van der Waals surface area (Å²) in [6.45, 7) is 0.115. The van der Waals surface area contributed by atoms with Crippen molar-refractivity contribution >= 4 is 23.0 Å². The smallest absolute Gasteiger partial charge is 0.314 e. The molecule has 4 rings (SSSR count). The van der Waals surface area contributed by atoms with Crippen LogP contribution in [0.4, 0.5) is 0 Å². The molecule has 0 aromatic carbocycles. The van der Waals surface area contributed by atoms with Crippen LogP contribution in [-0.4, -0.2) is 85.0 Å². The molecule has 256 valence electrons. The standard InChI is InChI=1S/C28H46N4O12S/c33-27(22-10-4-12-25(32(38)39)26(22)28(34)35)29-18-6-3-9-21(14-18)45(41)44-20-8-2-7-19(13-20)30-42-15-17-5-1-11-24(31(36)37)23(17)16-43-40/h17-26,30,40H,1-16H2,(H,29,33)(H,34,35). The van der Waals surface area contributed by atoms with Gasteiger partial charge in [0.25, 0.3) is 0 Å². The second-order valence-electron chi connectivity index (χ2n) is 13.0. The van der Waals surface area contributed by atoms with Gasteiger partial charge in [-0.05, 0) is 76.5 Å². The Bertz CT molecular complexity index is 1070. The van der Waals surface area contributed by atoms with E-state index in [4.69, 9.17) is 14.3 Å². The van der Waals surface area contributed by atoms with Crippen LogP contribution in [0.1, 0.15) is 89.9 Å². The summed E-state index contributed by atoms with van der Waals surface area (Å²) in [5, 5.41) is 44.1. The normalized spacial score (nSPS) is 36.5. The molecule has 17 heteroatoms. The molecule has 4 aliphatic carbocycles. The van der Waals surface area contributed by atoms with E-state index in [1.807, 2.05) is 0 Å². The van der Waals surface area contributed by atoms with Gasteiger partial charge in [-0.25, -0.2) is 9.10 Å². The third-order valence-corrected chi connectivity index (χ3v) is 11.6. The number of aliphatic carboxylic acids is 1. The van der Waals surface area contributed by atoms with E-state index in [0.717, 1.165) is 25.7 Å². The third-order valence-electron chi connectivity index (χ3n) is 10.1. The highest BCUT2D eigenvalue weighted by atomic mass is 32.2. The Morgan fingerprint density at radius 2 is 1.51 bits per heavy atom. The van der Waals surface area contributed by atoms with Crippen molar-refractivity contribution in [1.29, 1.82) is 0 Å². The molecular weight excluding hydrogens is 616 g/mol. The molecule has 0 aliphatic heterocycles. The van der Waals surface area contributed by atoms with E-state index in [0.29, 0.717) is 51.4 Å². The molecule has 0 aromatic heterocycles. The van der Waals surface area contributed by atoms with Crippen molar-refractivity contribution in [1.82, 2.24) is 10.8 Å². The molecule has 4 aliphatic rings. The fourth-order valence-corrected chi connectivity index (χ4v) is 9.11. The summed E-state index contributed by atoms with van der Waals surface area (Å²) in [6.07, 6.45) is 7.79. The number of carbonyl (C=O) groups excluding carboxylic acids is 1. The van der Waals surface area contributed by atoms with Gasteiger partial charge >= 0.3 is 5.97 Å². The van der Waals surface area contributed by atoms with E-state index in [-0.39, 0.29) is 60.3 Å². The predicted octanol–water partition coefficient (Wildman–Crippen LogP) is 2.62. The van der Waals surface area contributed by atoms with E-state index in [2.05, 4.69) is 15.7 Å². The van der Waals surface area contributed by atoms with Crippen molar-refractivity contribution in [2.24, 2.45) is 23.7 Å². The van der Waals surface area contributed by atoms with Gasteiger partial charge < -0.3 is 15.3 Å². The monoisotopic (exact) mass is 662 g/mol. The molecule has 4 fully saturated rings. The van der Waals surface area contributed by atoms with Gasteiger partial charge in [-0.1, -0.05) is 6.42 Å². The van der Waals surface area contributed by atoms with Crippen LogP contribution in [0.5, 0.6) is 0 Å². The zero-order valence-electron chi connectivity index (χ0n) is 25.4. The summed E-state index contributed by atoms with van der Waals surface area (Å²) in [5.41, 5.74) is 3.06. The number of hydrogen-bond acceptors (Lipinski definition) is 12. The van der Waals surface area contributed by atoms with Gasteiger partial charge in [0.05, 0.1) is 36.4 Å². The zero-order chi connectivity index (χ0) is 32.5. The summed E-state index contributed by atoms with van der Waals surface area (Å²) in [6, 6.07) is -2.46. The largest absolute Gasteiger partial charge is 0.481 e. The topological polar surface area (TPSA) is 230 Å². The van der Waals surface area contributed by atoms with Crippen LogP contribution in [-0.2, 0) is 34.6 Å². The van der Waals surface area contributed by atoms with Crippen molar-refractivity contribution in [3.8, 4) is 0 Å². The molecule has 4 N–H and O–H groups in total. The molecule has 45 heavy (non-hydrogen) atoms. The first-order valence-corrected chi connectivity index (χ1v) is 17.2. The highest BCUT2D eigenvalue weighted by Crippen LogP contribution is 2.35. The van der Waals surface area contributed by atoms with Crippen LogP contribution in [0.25, 0.3) is 0 Å². The lowest BCUT2D eigenvalue weighted by molar-refractivity contribution is -0.541.